The maximum Gasteiger partial charge on any atom is 0.412 e. The van der Waals surface area contributed by atoms with Crippen LogP contribution in [0.15, 0.2) is 0 Å². The highest BCUT2D eigenvalue weighted by molar-refractivity contribution is 5.67. The summed E-state index contributed by atoms with van der Waals surface area (Å²) in [7, 11) is 0. The lowest BCUT2D eigenvalue weighted by Gasteiger charge is -2.30. The molecule has 1 atom stereocenters. The number of piperidine rings is 1. The third-order valence-electron chi connectivity index (χ3n) is 3.95. The van der Waals surface area contributed by atoms with Crippen molar-refractivity contribution < 1.29 is 14.3 Å². The average molecular weight is 255 g/mol. The number of hydrogen-bond donors (Lipinski definition) is 0. The van der Waals surface area contributed by atoms with Crippen LogP contribution in [-0.4, -0.2) is 37.0 Å². The van der Waals surface area contributed by atoms with Crippen molar-refractivity contribution in [2.45, 2.75) is 58.2 Å². The third kappa shape index (κ3) is 3.61. The molecule has 2 rings (SSSR count). The smallest absolute Gasteiger partial charge is 0.412 e. The largest absolute Gasteiger partial charge is 0.419 e. The van der Waals surface area contributed by atoms with Crippen LogP contribution in [0.2, 0.25) is 0 Å². The van der Waals surface area contributed by atoms with Crippen molar-refractivity contribution in [3.05, 3.63) is 0 Å². The molecular weight excluding hydrogens is 230 g/mol. The van der Waals surface area contributed by atoms with Crippen molar-refractivity contribution >= 4 is 6.09 Å². The molecule has 2 fully saturated rings. The Morgan fingerprint density at radius 3 is 2.44 bits per heavy atom. The van der Waals surface area contributed by atoms with E-state index in [9.17, 15) is 4.79 Å². The number of rotatable bonds is 4. The zero-order valence-electron chi connectivity index (χ0n) is 11.4. The summed E-state index contributed by atoms with van der Waals surface area (Å²) in [6.07, 6.45) is 7.62. The molecule has 0 radical (unpaired) electrons. The molecule has 104 valence electrons. The fourth-order valence-electron chi connectivity index (χ4n) is 2.91. The fourth-order valence-corrected chi connectivity index (χ4v) is 2.91. The summed E-state index contributed by atoms with van der Waals surface area (Å²) in [6, 6.07) is 0. The Labute approximate surface area is 110 Å². The quantitative estimate of drug-likeness (QED) is 0.724. The lowest BCUT2D eigenvalue weighted by atomic mass is 10.1. The Morgan fingerprint density at radius 2 is 1.83 bits per heavy atom. The second-order valence-electron chi connectivity index (χ2n) is 5.30. The molecule has 0 bridgehead atoms. The first-order valence-electron chi connectivity index (χ1n) is 7.38. The summed E-state index contributed by atoms with van der Waals surface area (Å²) in [5.41, 5.74) is 0. The molecule has 1 unspecified atom stereocenters. The topological polar surface area (TPSA) is 38.8 Å². The summed E-state index contributed by atoms with van der Waals surface area (Å²) in [5, 5.41) is 0. The maximum absolute atomic E-state index is 12.1. The third-order valence-corrected chi connectivity index (χ3v) is 3.95. The Bertz CT molecular complexity index is 258. The molecule has 0 aromatic carbocycles. The number of carbonyl (C=O) groups excluding carboxylic acids is 1. The summed E-state index contributed by atoms with van der Waals surface area (Å²) in [6.45, 7) is 4.23. The Hall–Kier alpha value is -0.770. The minimum Gasteiger partial charge on any atom is -0.419 e. The molecule has 0 spiro atoms. The van der Waals surface area contributed by atoms with Gasteiger partial charge >= 0.3 is 6.09 Å². The molecule has 4 nitrogen and oxygen atoms in total. The van der Waals surface area contributed by atoms with Crippen LogP contribution >= 0.6 is 0 Å². The van der Waals surface area contributed by atoms with Crippen molar-refractivity contribution in [1.82, 2.24) is 4.90 Å². The highest BCUT2D eigenvalue weighted by atomic mass is 16.7. The SMILES string of the molecule is CCOC(OC(=O)N1CCCCC1)C1CCCC1. The molecule has 1 saturated heterocycles. The van der Waals surface area contributed by atoms with E-state index in [-0.39, 0.29) is 12.4 Å². The van der Waals surface area contributed by atoms with Gasteiger partial charge in [0, 0.05) is 25.6 Å². The normalized spacial score (nSPS) is 23.1. The van der Waals surface area contributed by atoms with Gasteiger partial charge in [-0.05, 0) is 39.0 Å². The van der Waals surface area contributed by atoms with E-state index >= 15 is 0 Å². The summed E-state index contributed by atoms with van der Waals surface area (Å²) < 4.78 is 11.2. The van der Waals surface area contributed by atoms with Gasteiger partial charge in [0.05, 0.1) is 0 Å². The van der Waals surface area contributed by atoms with Crippen LogP contribution in [0, 0.1) is 5.92 Å². The van der Waals surface area contributed by atoms with E-state index in [2.05, 4.69) is 0 Å². The van der Waals surface area contributed by atoms with E-state index in [0.717, 1.165) is 38.8 Å². The van der Waals surface area contributed by atoms with Crippen LogP contribution in [0.5, 0.6) is 0 Å². The second kappa shape index (κ2) is 6.98. The first-order valence-corrected chi connectivity index (χ1v) is 7.38. The zero-order valence-corrected chi connectivity index (χ0v) is 11.4. The van der Waals surface area contributed by atoms with Gasteiger partial charge in [-0.2, -0.15) is 0 Å². The van der Waals surface area contributed by atoms with Gasteiger partial charge in [0.1, 0.15) is 0 Å². The number of ether oxygens (including phenoxy) is 2. The molecule has 1 aliphatic carbocycles. The van der Waals surface area contributed by atoms with Gasteiger partial charge < -0.3 is 14.4 Å². The highest BCUT2D eigenvalue weighted by Gasteiger charge is 2.30. The molecule has 18 heavy (non-hydrogen) atoms. The van der Waals surface area contributed by atoms with E-state index in [4.69, 9.17) is 9.47 Å². The molecule has 1 saturated carbocycles. The summed E-state index contributed by atoms with van der Waals surface area (Å²) >= 11 is 0. The van der Waals surface area contributed by atoms with E-state index in [1.165, 1.54) is 19.3 Å². The monoisotopic (exact) mass is 255 g/mol. The number of amides is 1. The maximum atomic E-state index is 12.1. The second-order valence-corrected chi connectivity index (χ2v) is 5.30. The Kier molecular flexibility index (Phi) is 5.29. The van der Waals surface area contributed by atoms with Gasteiger partial charge in [0.15, 0.2) is 0 Å². The predicted octanol–water partition coefficient (Wildman–Crippen LogP) is 3.16. The summed E-state index contributed by atoms with van der Waals surface area (Å²) in [5.74, 6) is 0.402. The number of hydrogen-bond acceptors (Lipinski definition) is 3. The molecule has 2 aliphatic rings. The van der Waals surface area contributed by atoms with E-state index < -0.39 is 0 Å². The first kappa shape index (κ1) is 13.7. The molecule has 1 aliphatic heterocycles. The minimum atomic E-state index is -0.327. The van der Waals surface area contributed by atoms with Crippen molar-refractivity contribution in [2.24, 2.45) is 5.92 Å². The van der Waals surface area contributed by atoms with Crippen LogP contribution in [0.4, 0.5) is 4.79 Å². The van der Waals surface area contributed by atoms with Crippen LogP contribution in [-0.2, 0) is 9.47 Å². The highest BCUT2D eigenvalue weighted by Crippen LogP contribution is 2.30. The van der Waals surface area contributed by atoms with Crippen LogP contribution < -0.4 is 0 Å². The number of nitrogens with zero attached hydrogens (tertiary/aromatic N) is 1. The van der Waals surface area contributed by atoms with E-state index in [1.54, 1.807) is 0 Å². The lowest BCUT2D eigenvalue weighted by molar-refractivity contribution is -0.138. The Balaban J connectivity index is 1.84. The van der Waals surface area contributed by atoms with Crippen molar-refractivity contribution in [3.63, 3.8) is 0 Å². The average Bonchev–Trinajstić information content (AvgIpc) is 2.93. The molecule has 1 amide bonds. The lowest BCUT2D eigenvalue weighted by Crippen LogP contribution is -2.40. The van der Waals surface area contributed by atoms with Crippen LogP contribution in [0.25, 0.3) is 0 Å². The fraction of sp³-hybridized carbons (Fsp3) is 0.929. The van der Waals surface area contributed by atoms with Crippen LogP contribution in [0.3, 0.4) is 0 Å². The number of carbonyl (C=O) groups is 1. The molecule has 1 heterocycles. The van der Waals surface area contributed by atoms with Gasteiger partial charge in [-0.1, -0.05) is 12.8 Å². The van der Waals surface area contributed by atoms with Crippen molar-refractivity contribution in [1.29, 1.82) is 0 Å². The van der Waals surface area contributed by atoms with Gasteiger partial charge in [-0.25, -0.2) is 4.79 Å². The van der Waals surface area contributed by atoms with Crippen LogP contribution in [0.1, 0.15) is 51.9 Å². The number of likely N-dealkylation sites (tertiary alicyclic amines) is 1. The molecule has 0 N–H and O–H groups in total. The van der Waals surface area contributed by atoms with Gasteiger partial charge in [0.25, 0.3) is 0 Å². The first-order chi connectivity index (χ1) is 8.81. The zero-order chi connectivity index (χ0) is 12.8. The standard InChI is InChI=1S/C14H25NO3/c1-2-17-13(12-8-4-5-9-12)18-14(16)15-10-6-3-7-11-15/h12-13H,2-11H2,1H3. The van der Waals surface area contributed by atoms with Crippen molar-refractivity contribution in [3.8, 4) is 0 Å². The summed E-state index contributed by atoms with van der Waals surface area (Å²) in [4.78, 5) is 13.9. The molecular formula is C14H25NO3. The van der Waals surface area contributed by atoms with Gasteiger partial charge in [-0.15, -0.1) is 0 Å². The molecule has 0 aromatic rings. The van der Waals surface area contributed by atoms with Gasteiger partial charge in [-0.3, -0.25) is 0 Å². The minimum absolute atomic E-state index is 0.181. The Morgan fingerprint density at radius 1 is 1.17 bits per heavy atom. The van der Waals surface area contributed by atoms with Crippen molar-refractivity contribution in [2.75, 3.05) is 19.7 Å². The predicted molar refractivity (Wildman–Crippen MR) is 69.3 cm³/mol. The molecule has 4 heteroatoms. The van der Waals surface area contributed by atoms with Gasteiger partial charge in [0.2, 0.25) is 6.29 Å². The molecule has 0 aromatic heterocycles. The van der Waals surface area contributed by atoms with E-state index in [1.807, 2.05) is 11.8 Å². The van der Waals surface area contributed by atoms with E-state index in [0.29, 0.717) is 12.5 Å².